The van der Waals surface area contributed by atoms with Crippen molar-refractivity contribution < 1.29 is 18.4 Å². The van der Waals surface area contributed by atoms with Crippen molar-refractivity contribution >= 4 is 35.1 Å². The van der Waals surface area contributed by atoms with Gasteiger partial charge in [-0.2, -0.15) is 0 Å². The molecule has 0 radical (unpaired) electrons. The number of carbonyl (C=O) groups excluding carboxylic acids is 2. The Labute approximate surface area is 167 Å². The average molecular weight is 404 g/mol. The van der Waals surface area contributed by atoms with Crippen LogP contribution in [0.4, 0.5) is 8.78 Å². The summed E-state index contributed by atoms with van der Waals surface area (Å²) in [6.07, 6.45) is 3.50. The molecular weight excluding hydrogens is 384 g/mol. The molecule has 1 N–H and O–H groups in total. The molecule has 0 aliphatic rings. The van der Waals surface area contributed by atoms with Crippen LogP contribution in [0, 0.1) is 11.6 Å². The number of rotatable bonds is 7. The lowest BCUT2D eigenvalue weighted by molar-refractivity contribution is -0.125. The summed E-state index contributed by atoms with van der Waals surface area (Å²) >= 11 is 5.86. The Balaban J connectivity index is 2.37. The molecule has 3 nitrogen and oxygen atoms in total. The van der Waals surface area contributed by atoms with Gasteiger partial charge in [0.2, 0.25) is 0 Å². The minimum absolute atomic E-state index is 0.114. The molecule has 2 aromatic rings. The van der Waals surface area contributed by atoms with Crippen LogP contribution in [0.25, 0.3) is 11.6 Å². The number of amides is 2. The summed E-state index contributed by atoms with van der Waals surface area (Å²) < 4.78 is 27.6. The van der Waals surface area contributed by atoms with Crippen molar-refractivity contribution in [2.45, 2.75) is 26.2 Å². The van der Waals surface area contributed by atoms with Gasteiger partial charge in [-0.05, 0) is 48.7 Å². The van der Waals surface area contributed by atoms with Crippen LogP contribution in [0.5, 0.6) is 0 Å². The number of unbranched alkanes of at least 4 members (excludes halogenated alkanes) is 1. The van der Waals surface area contributed by atoms with Gasteiger partial charge in [0.05, 0.1) is 5.57 Å². The molecule has 0 aliphatic heterocycles. The first-order valence-electron chi connectivity index (χ1n) is 8.78. The number of nitrogens with one attached hydrogen (secondary N) is 1. The Morgan fingerprint density at radius 3 is 2.39 bits per heavy atom. The minimum Gasteiger partial charge on any atom is -0.288 e. The van der Waals surface area contributed by atoms with E-state index in [0.717, 1.165) is 25.0 Å². The van der Waals surface area contributed by atoms with Crippen molar-refractivity contribution in [1.29, 1.82) is 0 Å². The number of halogens is 3. The van der Waals surface area contributed by atoms with E-state index in [1.165, 1.54) is 6.08 Å². The first kappa shape index (κ1) is 21.5. The fourth-order valence-corrected chi connectivity index (χ4v) is 2.59. The van der Waals surface area contributed by atoms with E-state index in [-0.39, 0.29) is 16.7 Å². The van der Waals surface area contributed by atoms with Crippen molar-refractivity contribution in [1.82, 2.24) is 5.32 Å². The highest BCUT2D eigenvalue weighted by molar-refractivity contribution is 6.31. The maximum absolute atomic E-state index is 14.3. The van der Waals surface area contributed by atoms with Crippen molar-refractivity contribution in [2.75, 3.05) is 0 Å². The Hall–Kier alpha value is -2.79. The zero-order valence-corrected chi connectivity index (χ0v) is 16.2. The molecule has 6 heteroatoms. The minimum atomic E-state index is -0.910. The molecule has 146 valence electrons. The number of hydrogen-bond donors (Lipinski definition) is 1. The third-order valence-electron chi connectivity index (χ3n) is 4.03. The van der Waals surface area contributed by atoms with Gasteiger partial charge >= 0.3 is 0 Å². The quantitative estimate of drug-likeness (QED) is 0.486. The van der Waals surface area contributed by atoms with Crippen LogP contribution in [0.15, 0.2) is 54.6 Å². The van der Waals surface area contributed by atoms with Gasteiger partial charge in [0.1, 0.15) is 11.6 Å². The van der Waals surface area contributed by atoms with Gasteiger partial charge in [-0.1, -0.05) is 43.7 Å². The fraction of sp³-hybridized carbons (Fsp3) is 0.182. The van der Waals surface area contributed by atoms with Gasteiger partial charge in [0, 0.05) is 22.2 Å². The Kier molecular flexibility index (Phi) is 7.64. The van der Waals surface area contributed by atoms with Crippen LogP contribution in [-0.4, -0.2) is 11.8 Å². The third kappa shape index (κ3) is 5.86. The Morgan fingerprint density at radius 2 is 1.79 bits per heavy atom. The summed E-state index contributed by atoms with van der Waals surface area (Å²) in [5, 5.41) is 2.73. The van der Waals surface area contributed by atoms with Crippen LogP contribution in [0.2, 0.25) is 5.02 Å². The normalized spacial score (nSPS) is 11.2. The number of hydrogen-bond acceptors (Lipinski definition) is 2. The topological polar surface area (TPSA) is 46.2 Å². The first-order chi connectivity index (χ1) is 13.3. The van der Waals surface area contributed by atoms with Crippen molar-refractivity contribution in [3.63, 3.8) is 0 Å². The second-order valence-corrected chi connectivity index (χ2v) is 6.66. The molecule has 0 bridgehead atoms. The van der Waals surface area contributed by atoms with E-state index in [4.69, 9.17) is 11.6 Å². The van der Waals surface area contributed by atoms with E-state index in [1.54, 1.807) is 24.3 Å². The number of imide groups is 1. The van der Waals surface area contributed by atoms with E-state index < -0.39 is 23.4 Å². The predicted octanol–water partition coefficient (Wildman–Crippen LogP) is 5.55. The molecule has 0 unspecified atom stereocenters. The summed E-state index contributed by atoms with van der Waals surface area (Å²) in [6.45, 7) is 5.65. The van der Waals surface area contributed by atoms with Crippen LogP contribution < -0.4 is 5.32 Å². The highest BCUT2D eigenvalue weighted by atomic mass is 35.5. The lowest BCUT2D eigenvalue weighted by Crippen LogP contribution is -2.32. The van der Waals surface area contributed by atoms with Gasteiger partial charge in [0.15, 0.2) is 0 Å². The summed E-state index contributed by atoms with van der Waals surface area (Å²) in [5.74, 6) is -3.10. The van der Waals surface area contributed by atoms with Crippen LogP contribution >= 0.6 is 11.6 Å². The lowest BCUT2D eigenvalue weighted by atomic mass is 10.0. The zero-order valence-electron chi connectivity index (χ0n) is 15.4. The zero-order chi connectivity index (χ0) is 20.7. The maximum Gasteiger partial charge on any atom is 0.258 e. The molecule has 28 heavy (non-hydrogen) atoms. The highest BCUT2D eigenvalue weighted by Gasteiger charge is 2.20. The molecule has 0 aliphatic carbocycles. The monoisotopic (exact) mass is 403 g/mol. The maximum atomic E-state index is 14.3. The van der Waals surface area contributed by atoms with E-state index in [1.807, 2.05) is 6.92 Å². The predicted molar refractivity (Wildman–Crippen MR) is 107 cm³/mol. The van der Waals surface area contributed by atoms with Crippen LogP contribution in [0.3, 0.4) is 0 Å². The molecule has 2 rings (SSSR count). The largest absolute Gasteiger partial charge is 0.288 e. The Morgan fingerprint density at radius 1 is 1.11 bits per heavy atom. The molecule has 2 aromatic carbocycles. The summed E-state index contributed by atoms with van der Waals surface area (Å²) in [4.78, 5) is 24.9. The third-order valence-corrected chi connectivity index (χ3v) is 4.28. The highest BCUT2D eigenvalue weighted by Crippen LogP contribution is 2.23. The SMILES string of the molecule is C=C(CCCC)C(=O)NC(=O)/C(=C/c1ccc(Cl)cc1)c1ccc(F)cc1F. The van der Waals surface area contributed by atoms with Crippen molar-refractivity contribution in [2.24, 2.45) is 0 Å². The van der Waals surface area contributed by atoms with Crippen molar-refractivity contribution in [3.8, 4) is 0 Å². The molecular formula is C22H20ClF2NO2. The molecule has 0 saturated heterocycles. The summed E-state index contributed by atoms with van der Waals surface area (Å²) in [6, 6.07) is 9.38. The van der Waals surface area contributed by atoms with Gasteiger partial charge < -0.3 is 0 Å². The van der Waals surface area contributed by atoms with E-state index >= 15 is 0 Å². The molecule has 0 aromatic heterocycles. The second-order valence-electron chi connectivity index (χ2n) is 6.22. The summed E-state index contributed by atoms with van der Waals surface area (Å²) in [5.41, 5.74) is 0.591. The molecule has 0 spiro atoms. The molecule has 0 heterocycles. The number of carbonyl (C=O) groups is 2. The second kappa shape index (κ2) is 9.95. The lowest BCUT2D eigenvalue weighted by Gasteiger charge is -2.11. The van der Waals surface area contributed by atoms with Crippen LogP contribution in [0.1, 0.15) is 37.3 Å². The smallest absolute Gasteiger partial charge is 0.258 e. The van der Waals surface area contributed by atoms with Gasteiger partial charge in [-0.15, -0.1) is 0 Å². The molecule has 2 amide bonds. The van der Waals surface area contributed by atoms with E-state index in [0.29, 0.717) is 23.1 Å². The Bertz CT molecular complexity index is 921. The van der Waals surface area contributed by atoms with Gasteiger partial charge in [0.25, 0.3) is 11.8 Å². The van der Waals surface area contributed by atoms with Crippen LogP contribution in [-0.2, 0) is 9.59 Å². The van der Waals surface area contributed by atoms with E-state index in [2.05, 4.69) is 11.9 Å². The molecule has 0 fully saturated rings. The average Bonchev–Trinajstić information content (AvgIpc) is 2.66. The van der Waals surface area contributed by atoms with Gasteiger partial charge in [-0.3, -0.25) is 14.9 Å². The number of benzene rings is 2. The molecule has 0 atom stereocenters. The standard InChI is InChI=1S/C22H20ClF2NO2/c1-3-4-5-14(2)21(27)26-22(28)19(12-15-6-8-16(23)9-7-15)18-11-10-17(24)13-20(18)25/h6-13H,2-5H2,1H3,(H,26,27,28)/b19-12+. The van der Waals surface area contributed by atoms with E-state index in [9.17, 15) is 18.4 Å². The first-order valence-corrected chi connectivity index (χ1v) is 9.15. The molecule has 0 saturated carbocycles. The fourth-order valence-electron chi connectivity index (χ4n) is 2.46. The van der Waals surface area contributed by atoms with Crippen molar-refractivity contribution in [3.05, 3.63) is 82.4 Å². The summed E-state index contributed by atoms with van der Waals surface area (Å²) in [7, 11) is 0. The van der Waals surface area contributed by atoms with Gasteiger partial charge in [-0.25, -0.2) is 8.78 Å².